The number of amides is 2. The minimum atomic E-state index is -1.06. The third-order valence-electron chi connectivity index (χ3n) is 3.41. The smallest absolute Gasteiger partial charge is 0.328 e. The molecule has 0 spiro atoms. The zero-order valence-corrected chi connectivity index (χ0v) is 11.9. The van der Waals surface area contributed by atoms with Crippen molar-refractivity contribution < 1.29 is 24.2 Å². The molecule has 1 unspecified atom stereocenters. The Morgan fingerprint density at radius 3 is 2.65 bits per heavy atom. The number of carbonyl (C=O) groups is 3. The Kier molecular flexibility index (Phi) is 6.27. The molecule has 0 aromatic rings. The van der Waals surface area contributed by atoms with Crippen LogP contribution in [0.2, 0.25) is 0 Å². The second-order valence-electron chi connectivity index (χ2n) is 4.86. The molecule has 20 heavy (non-hydrogen) atoms. The molecule has 1 saturated heterocycles. The summed E-state index contributed by atoms with van der Waals surface area (Å²) < 4.78 is 4.69. The van der Waals surface area contributed by atoms with Gasteiger partial charge in [0.05, 0.1) is 7.11 Å². The van der Waals surface area contributed by atoms with Crippen molar-refractivity contribution in [1.82, 2.24) is 10.2 Å². The van der Waals surface area contributed by atoms with Crippen LogP contribution in [0.1, 0.15) is 39.0 Å². The van der Waals surface area contributed by atoms with Gasteiger partial charge in [-0.3, -0.25) is 0 Å². The van der Waals surface area contributed by atoms with E-state index in [1.165, 1.54) is 12.0 Å². The average Bonchev–Trinajstić information content (AvgIpc) is 2.45. The molecule has 1 aliphatic heterocycles. The number of nitrogens with zero attached hydrogens (tertiary/aromatic N) is 1. The van der Waals surface area contributed by atoms with Crippen molar-refractivity contribution in [3.05, 3.63) is 0 Å². The number of carboxylic acids is 1. The zero-order valence-electron chi connectivity index (χ0n) is 11.9. The van der Waals surface area contributed by atoms with Gasteiger partial charge in [-0.2, -0.15) is 0 Å². The molecular formula is C13H22N2O5. The van der Waals surface area contributed by atoms with E-state index in [9.17, 15) is 14.4 Å². The van der Waals surface area contributed by atoms with E-state index in [4.69, 9.17) is 9.84 Å². The molecular weight excluding hydrogens is 264 g/mol. The molecule has 0 aromatic carbocycles. The van der Waals surface area contributed by atoms with Gasteiger partial charge in [0, 0.05) is 6.54 Å². The van der Waals surface area contributed by atoms with Crippen LogP contribution in [-0.4, -0.2) is 53.7 Å². The van der Waals surface area contributed by atoms with Crippen molar-refractivity contribution in [2.24, 2.45) is 0 Å². The second-order valence-corrected chi connectivity index (χ2v) is 4.86. The van der Waals surface area contributed by atoms with Crippen LogP contribution in [0.3, 0.4) is 0 Å². The van der Waals surface area contributed by atoms with Crippen molar-refractivity contribution >= 4 is 18.0 Å². The molecule has 1 aliphatic rings. The van der Waals surface area contributed by atoms with Gasteiger partial charge < -0.3 is 20.1 Å². The normalized spacial score (nSPS) is 20.1. The average molecular weight is 286 g/mol. The fourth-order valence-electron chi connectivity index (χ4n) is 2.33. The fraction of sp³-hybridized carbons (Fsp3) is 0.769. The maximum Gasteiger partial charge on any atom is 0.328 e. The van der Waals surface area contributed by atoms with Gasteiger partial charge >= 0.3 is 18.0 Å². The standard InChI is InChI=1S/C13H22N2O5/c1-3-6-9(11(16)17)14-13(19)15-8-5-4-7-10(15)12(18)20-2/h9-10H,3-8H2,1-2H3,(H,14,19)(H,16,17)/t9-,10?/m1/s1. The zero-order chi connectivity index (χ0) is 15.1. The highest BCUT2D eigenvalue weighted by Crippen LogP contribution is 2.18. The van der Waals surface area contributed by atoms with Gasteiger partial charge in [0.2, 0.25) is 0 Å². The van der Waals surface area contributed by atoms with Gasteiger partial charge in [-0.25, -0.2) is 14.4 Å². The summed E-state index contributed by atoms with van der Waals surface area (Å²) >= 11 is 0. The topological polar surface area (TPSA) is 95.9 Å². The summed E-state index contributed by atoms with van der Waals surface area (Å²) in [6, 6.07) is -2.06. The van der Waals surface area contributed by atoms with Crippen LogP contribution >= 0.6 is 0 Å². The summed E-state index contributed by atoms with van der Waals surface area (Å²) in [5.41, 5.74) is 0. The maximum absolute atomic E-state index is 12.2. The van der Waals surface area contributed by atoms with Crippen molar-refractivity contribution in [3.8, 4) is 0 Å². The number of nitrogens with one attached hydrogen (secondary N) is 1. The van der Waals surface area contributed by atoms with E-state index in [-0.39, 0.29) is 0 Å². The molecule has 1 fully saturated rings. The largest absolute Gasteiger partial charge is 0.480 e. The summed E-state index contributed by atoms with van der Waals surface area (Å²) in [6.45, 7) is 2.28. The monoisotopic (exact) mass is 286 g/mol. The highest BCUT2D eigenvalue weighted by molar-refractivity contribution is 5.86. The minimum Gasteiger partial charge on any atom is -0.480 e. The summed E-state index contributed by atoms with van der Waals surface area (Å²) in [5, 5.41) is 11.5. The van der Waals surface area contributed by atoms with Crippen LogP contribution in [-0.2, 0) is 14.3 Å². The number of urea groups is 1. The van der Waals surface area contributed by atoms with E-state index in [0.717, 1.165) is 12.8 Å². The summed E-state index contributed by atoms with van der Waals surface area (Å²) in [4.78, 5) is 36.3. The lowest BCUT2D eigenvalue weighted by Crippen LogP contribution is -2.55. The Morgan fingerprint density at radius 1 is 1.40 bits per heavy atom. The van der Waals surface area contributed by atoms with Crippen LogP contribution in [0.5, 0.6) is 0 Å². The van der Waals surface area contributed by atoms with Crippen LogP contribution in [0.15, 0.2) is 0 Å². The predicted octanol–water partition coefficient (Wildman–Crippen LogP) is 0.977. The lowest BCUT2D eigenvalue weighted by atomic mass is 10.0. The number of likely N-dealkylation sites (tertiary alicyclic amines) is 1. The number of esters is 1. The number of piperidine rings is 1. The number of carboxylic acid groups (broad SMARTS) is 1. The Bertz CT molecular complexity index is 372. The third-order valence-corrected chi connectivity index (χ3v) is 3.41. The number of rotatable bonds is 5. The number of methoxy groups -OCH3 is 1. The SMILES string of the molecule is CCC[C@@H](NC(=O)N1CCCCC1C(=O)OC)C(=O)O. The van der Waals surface area contributed by atoms with E-state index >= 15 is 0 Å². The predicted molar refractivity (Wildman–Crippen MR) is 71.2 cm³/mol. The molecule has 7 heteroatoms. The van der Waals surface area contributed by atoms with Gasteiger partial charge in [-0.1, -0.05) is 13.3 Å². The summed E-state index contributed by atoms with van der Waals surface area (Å²) in [6.07, 6.45) is 3.20. The highest BCUT2D eigenvalue weighted by atomic mass is 16.5. The van der Waals surface area contributed by atoms with E-state index in [1.54, 1.807) is 0 Å². The quantitative estimate of drug-likeness (QED) is 0.734. The first kappa shape index (κ1) is 16.3. The molecule has 0 radical (unpaired) electrons. The van der Waals surface area contributed by atoms with Crippen molar-refractivity contribution in [2.45, 2.75) is 51.1 Å². The molecule has 0 aromatic heterocycles. The van der Waals surface area contributed by atoms with Crippen molar-refractivity contribution in [1.29, 1.82) is 0 Å². The Morgan fingerprint density at radius 2 is 2.10 bits per heavy atom. The third kappa shape index (κ3) is 4.11. The first-order valence-electron chi connectivity index (χ1n) is 6.89. The maximum atomic E-state index is 12.2. The number of hydrogen-bond acceptors (Lipinski definition) is 4. The molecule has 2 N–H and O–H groups in total. The van der Waals surface area contributed by atoms with Crippen molar-refractivity contribution in [2.75, 3.05) is 13.7 Å². The molecule has 2 amide bonds. The van der Waals surface area contributed by atoms with Gasteiger partial charge in [-0.15, -0.1) is 0 Å². The minimum absolute atomic E-state index is 0.359. The molecule has 1 rings (SSSR count). The number of carbonyl (C=O) groups excluding carboxylic acids is 2. The van der Waals surface area contributed by atoms with E-state index in [1.807, 2.05) is 6.92 Å². The van der Waals surface area contributed by atoms with Gasteiger partial charge in [-0.05, 0) is 25.7 Å². The van der Waals surface area contributed by atoms with Crippen molar-refractivity contribution in [3.63, 3.8) is 0 Å². The van der Waals surface area contributed by atoms with E-state index in [2.05, 4.69) is 5.32 Å². The lowest BCUT2D eigenvalue weighted by Gasteiger charge is -2.34. The van der Waals surface area contributed by atoms with E-state index < -0.39 is 30.1 Å². The van der Waals surface area contributed by atoms with Crippen LogP contribution in [0.25, 0.3) is 0 Å². The van der Waals surface area contributed by atoms with E-state index in [0.29, 0.717) is 25.8 Å². The molecule has 0 bridgehead atoms. The molecule has 2 atom stereocenters. The second kappa shape index (κ2) is 7.72. The van der Waals surface area contributed by atoms with Crippen LogP contribution in [0, 0.1) is 0 Å². The Hall–Kier alpha value is -1.79. The molecule has 7 nitrogen and oxygen atoms in total. The first-order chi connectivity index (χ1) is 9.51. The van der Waals surface area contributed by atoms with Crippen LogP contribution in [0.4, 0.5) is 4.79 Å². The number of aliphatic carboxylic acids is 1. The molecule has 0 saturated carbocycles. The van der Waals surface area contributed by atoms with Gasteiger partial charge in [0.25, 0.3) is 0 Å². The lowest BCUT2D eigenvalue weighted by molar-refractivity contribution is -0.146. The van der Waals surface area contributed by atoms with Gasteiger partial charge in [0.1, 0.15) is 12.1 Å². The fourth-order valence-corrected chi connectivity index (χ4v) is 2.33. The first-order valence-corrected chi connectivity index (χ1v) is 6.89. The highest BCUT2D eigenvalue weighted by Gasteiger charge is 2.34. The molecule has 1 heterocycles. The summed E-state index contributed by atoms with van der Waals surface area (Å²) in [7, 11) is 1.28. The van der Waals surface area contributed by atoms with Crippen LogP contribution < -0.4 is 5.32 Å². The Balaban J connectivity index is 2.71. The summed E-state index contributed by atoms with van der Waals surface area (Å²) in [5.74, 6) is -1.52. The van der Waals surface area contributed by atoms with Gasteiger partial charge in [0.15, 0.2) is 0 Å². The number of ether oxygens (including phenoxy) is 1. The Labute approximate surface area is 118 Å². The number of hydrogen-bond donors (Lipinski definition) is 2. The molecule has 0 aliphatic carbocycles. The molecule has 114 valence electrons.